The lowest BCUT2D eigenvalue weighted by molar-refractivity contribution is -0.118. The summed E-state index contributed by atoms with van der Waals surface area (Å²) in [5, 5.41) is 3.31. The summed E-state index contributed by atoms with van der Waals surface area (Å²) in [4.78, 5) is 28.7. The summed E-state index contributed by atoms with van der Waals surface area (Å²) in [5.41, 5.74) is 1.08. The average Bonchev–Trinajstić information content (AvgIpc) is 2.81. The summed E-state index contributed by atoms with van der Waals surface area (Å²) in [6.45, 7) is -0.300. The molecule has 0 spiro atoms. The molecule has 1 amide bonds. The molecule has 0 fully saturated rings. The van der Waals surface area contributed by atoms with Gasteiger partial charge in [-0.1, -0.05) is 0 Å². The van der Waals surface area contributed by atoms with Crippen molar-refractivity contribution in [3.63, 3.8) is 0 Å². The van der Waals surface area contributed by atoms with E-state index >= 15 is 0 Å². The average molecular weight is 426 g/mol. The molecule has 0 saturated heterocycles. The molecule has 0 atom stereocenters. The van der Waals surface area contributed by atoms with E-state index in [0.717, 1.165) is 0 Å². The highest BCUT2D eigenvalue weighted by molar-refractivity contribution is 5.95. The maximum Gasteiger partial charge on any atom is 0.356 e. The van der Waals surface area contributed by atoms with Crippen LogP contribution in [-0.4, -0.2) is 51.9 Å². The Balaban J connectivity index is 1.82. The number of esters is 1. The van der Waals surface area contributed by atoms with Gasteiger partial charge in [-0.15, -0.1) is 0 Å². The SMILES string of the molecule is COC(=O)c1cc(OCC(=O)Nc2ccc(OC)c(OC)c2)c2cc(OC)ccc2n1. The Hall–Kier alpha value is -4.01. The minimum Gasteiger partial charge on any atom is -0.497 e. The molecule has 0 aliphatic rings. The molecule has 9 heteroatoms. The Morgan fingerprint density at radius 2 is 1.65 bits per heavy atom. The first-order chi connectivity index (χ1) is 15.0. The highest BCUT2D eigenvalue weighted by Crippen LogP contribution is 2.31. The largest absolute Gasteiger partial charge is 0.497 e. The van der Waals surface area contributed by atoms with E-state index in [1.54, 1.807) is 36.4 Å². The molecule has 3 rings (SSSR count). The molecular weight excluding hydrogens is 404 g/mol. The molecular formula is C22H22N2O7. The van der Waals surface area contributed by atoms with Crippen LogP contribution in [0.1, 0.15) is 10.5 Å². The molecule has 1 heterocycles. The van der Waals surface area contributed by atoms with Gasteiger partial charge in [0.1, 0.15) is 11.5 Å². The van der Waals surface area contributed by atoms with E-state index in [0.29, 0.717) is 39.6 Å². The predicted octanol–water partition coefficient (Wildman–Crippen LogP) is 3.06. The molecule has 162 valence electrons. The summed E-state index contributed by atoms with van der Waals surface area (Å²) in [6, 6.07) is 11.5. The Morgan fingerprint density at radius 3 is 2.32 bits per heavy atom. The van der Waals surface area contributed by atoms with Crippen LogP contribution in [0.25, 0.3) is 10.9 Å². The van der Waals surface area contributed by atoms with Crippen LogP contribution in [0.5, 0.6) is 23.0 Å². The van der Waals surface area contributed by atoms with Crippen LogP contribution in [0.3, 0.4) is 0 Å². The number of benzene rings is 2. The van der Waals surface area contributed by atoms with Gasteiger partial charge in [0.25, 0.3) is 5.91 Å². The predicted molar refractivity (Wildman–Crippen MR) is 113 cm³/mol. The lowest BCUT2D eigenvalue weighted by atomic mass is 10.1. The smallest absolute Gasteiger partial charge is 0.356 e. The van der Waals surface area contributed by atoms with E-state index < -0.39 is 11.9 Å². The molecule has 0 bridgehead atoms. The number of nitrogens with zero attached hydrogens (tertiary/aromatic N) is 1. The topological polar surface area (TPSA) is 105 Å². The zero-order valence-electron chi connectivity index (χ0n) is 17.6. The van der Waals surface area contributed by atoms with Crippen molar-refractivity contribution >= 4 is 28.5 Å². The van der Waals surface area contributed by atoms with Crippen LogP contribution in [0.15, 0.2) is 42.5 Å². The minimum atomic E-state index is -0.614. The maximum atomic E-state index is 12.4. The third-order valence-electron chi connectivity index (χ3n) is 4.40. The number of carbonyl (C=O) groups excluding carboxylic acids is 2. The molecule has 1 aromatic heterocycles. The van der Waals surface area contributed by atoms with Gasteiger partial charge in [-0.3, -0.25) is 4.79 Å². The molecule has 3 aromatic rings. The fraction of sp³-hybridized carbons (Fsp3) is 0.227. The van der Waals surface area contributed by atoms with Crippen molar-refractivity contribution in [2.75, 3.05) is 40.4 Å². The fourth-order valence-corrected chi connectivity index (χ4v) is 2.88. The molecule has 0 saturated carbocycles. The van der Waals surface area contributed by atoms with Crippen molar-refractivity contribution in [3.05, 3.63) is 48.2 Å². The molecule has 0 radical (unpaired) electrons. The van der Waals surface area contributed by atoms with E-state index in [2.05, 4.69) is 10.3 Å². The Kier molecular flexibility index (Phi) is 6.76. The normalized spacial score (nSPS) is 10.3. The van der Waals surface area contributed by atoms with Crippen LogP contribution in [0, 0.1) is 0 Å². The van der Waals surface area contributed by atoms with Crippen LogP contribution >= 0.6 is 0 Å². The van der Waals surface area contributed by atoms with Crippen molar-refractivity contribution in [2.24, 2.45) is 0 Å². The molecule has 0 unspecified atom stereocenters. The van der Waals surface area contributed by atoms with E-state index in [4.69, 9.17) is 23.7 Å². The summed E-state index contributed by atoms with van der Waals surface area (Å²) in [5.74, 6) is 0.893. The van der Waals surface area contributed by atoms with Crippen molar-refractivity contribution in [2.45, 2.75) is 0 Å². The van der Waals surface area contributed by atoms with Crippen LogP contribution in [0.4, 0.5) is 5.69 Å². The van der Waals surface area contributed by atoms with Gasteiger partial charge in [-0.25, -0.2) is 9.78 Å². The highest BCUT2D eigenvalue weighted by Gasteiger charge is 2.15. The number of hydrogen-bond acceptors (Lipinski definition) is 8. The molecule has 31 heavy (non-hydrogen) atoms. The van der Waals surface area contributed by atoms with E-state index in [1.165, 1.54) is 34.5 Å². The zero-order valence-corrected chi connectivity index (χ0v) is 17.6. The third-order valence-corrected chi connectivity index (χ3v) is 4.40. The minimum absolute atomic E-state index is 0.0652. The first-order valence-electron chi connectivity index (χ1n) is 9.20. The summed E-state index contributed by atoms with van der Waals surface area (Å²) in [6.07, 6.45) is 0. The fourth-order valence-electron chi connectivity index (χ4n) is 2.88. The Morgan fingerprint density at radius 1 is 0.871 bits per heavy atom. The van der Waals surface area contributed by atoms with E-state index in [-0.39, 0.29) is 12.3 Å². The second kappa shape index (κ2) is 9.66. The van der Waals surface area contributed by atoms with Gasteiger partial charge >= 0.3 is 5.97 Å². The highest BCUT2D eigenvalue weighted by atomic mass is 16.5. The number of methoxy groups -OCH3 is 4. The van der Waals surface area contributed by atoms with Gasteiger partial charge < -0.3 is 29.0 Å². The zero-order chi connectivity index (χ0) is 22.4. The first kappa shape index (κ1) is 21.7. The number of pyridine rings is 1. The first-order valence-corrected chi connectivity index (χ1v) is 9.20. The third kappa shape index (κ3) is 4.95. The lowest BCUT2D eigenvalue weighted by Crippen LogP contribution is -2.20. The molecule has 0 aliphatic carbocycles. The van der Waals surface area contributed by atoms with Gasteiger partial charge in [0.05, 0.1) is 34.0 Å². The van der Waals surface area contributed by atoms with Gasteiger partial charge in [0.15, 0.2) is 23.8 Å². The number of nitrogens with one attached hydrogen (secondary N) is 1. The van der Waals surface area contributed by atoms with Crippen molar-refractivity contribution in [3.8, 4) is 23.0 Å². The van der Waals surface area contributed by atoms with Gasteiger partial charge in [-0.2, -0.15) is 0 Å². The second-order valence-corrected chi connectivity index (χ2v) is 6.29. The van der Waals surface area contributed by atoms with Crippen molar-refractivity contribution in [1.82, 2.24) is 4.98 Å². The second-order valence-electron chi connectivity index (χ2n) is 6.29. The lowest BCUT2D eigenvalue weighted by Gasteiger charge is -2.13. The Labute approximate surface area is 178 Å². The van der Waals surface area contributed by atoms with Gasteiger partial charge in [-0.05, 0) is 30.3 Å². The van der Waals surface area contributed by atoms with Crippen LogP contribution in [0.2, 0.25) is 0 Å². The van der Waals surface area contributed by atoms with Crippen LogP contribution in [-0.2, 0) is 9.53 Å². The standard InChI is InChI=1S/C22H22N2O7/c1-27-14-6-7-16-15(10-14)19(11-17(24-16)22(26)30-4)31-12-21(25)23-13-5-8-18(28-2)20(9-13)29-3/h5-11H,12H2,1-4H3,(H,23,25). The Bertz CT molecular complexity index is 1110. The van der Waals surface area contributed by atoms with Gasteiger partial charge in [0.2, 0.25) is 0 Å². The molecule has 1 N–H and O–H groups in total. The number of anilines is 1. The molecule has 9 nitrogen and oxygen atoms in total. The maximum absolute atomic E-state index is 12.4. The van der Waals surface area contributed by atoms with Gasteiger partial charge in [0, 0.05) is 23.2 Å². The number of fused-ring (bicyclic) bond motifs is 1. The number of rotatable bonds is 8. The monoisotopic (exact) mass is 426 g/mol. The molecule has 0 aliphatic heterocycles. The van der Waals surface area contributed by atoms with E-state index in [1.807, 2.05) is 0 Å². The molecule has 2 aromatic carbocycles. The summed E-state index contributed by atoms with van der Waals surface area (Å²) < 4.78 is 26.1. The van der Waals surface area contributed by atoms with E-state index in [9.17, 15) is 9.59 Å². The number of amides is 1. The van der Waals surface area contributed by atoms with Crippen molar-refractivity contribution in [1.29, 1.82) is 0 Å². The summed E-state index contributed by atoms with van der Waals surface area (Å²) in [7, 11) is 5.84. The number of carbonyl (C=O) groups is 2. The number of aromatic nitrogens is 1. The quantitative estimate of drug-likeness (QED) is 0.548. The number of hydrogen-bond donors (Lipinski definition) is 1. The summed E-state index contributed by atoms with van der Waals surface area (Å²) >= 11 is 0. The van der Waals surface area contributed by atoms with Crippen molar-refractivity contribution < 1.29 is 33.3 Å². The number of ether oxygens (including phenoxy) is 5. The van der Waals surface area contributed by atoms with Crippen LogP contribution < -0.4 is 24.3 Å².